The zero-order chi connectivity index (χ0) is 18.6. The van der Waals surface area contributed by atoms with E-state index >= 15 is 0 Å². The van der Waals surface area contributed by atoms with Gasteiger partial charge in [-0.2, -0.15) is 0 Å². The van der Waals surface area contributed by atoms with Crippen LogP contribution in [0.1, 0.15) is 20.7 Å². The van der Waals surface area contributed by atoms with Crippen molar-refractivity contribution < 1.29 is 19.1 Å². The molecule has 2 rings (SSSR count). The molecule has 0 aliphatic rings. The van der Waals surface area contributed by atoms with Gasteiger partial charge < -0.3 is 19.7 Å². The topological polar surface area (TPSA) is 67.9 Å². The molecule has 1 N–H and O–H groups in total. The monoisotopic (exact) mass is 362 g/mol. The van der Waals surface area contributed by atoms with E-state index in [-0.39, 0.29) is 16.8 Å². The highest BCUT2D eigenvalue weighted by atomic mass is 35.5. The van der Waals surface area contributed by atoms with Crippen molar-refractivity contribution in [2.75, 3.05) is 33.6 Å². The van der Waals surface area contributed by atoms with Crippen LogP contribution in [-0.4, -0.2) is 45.0 Å². The van der Waals surface area contributed by atoms with Crippen molar-refractivity contribution in [2.24, 2.45) is 0 Å². The fourth-order valence-electron chi connectivity index (χ4n) is 2.15. The number of hydrogen-bond acceptors (Lipinski definition) is 4. The number of benzene rings is 2. The Hall–Kier alpha value is -2.73. The van der Waals surface area contributed by atoms with Crippen molar-refractivity contribution >= 4 is 29.1 Å². The third kappa shape index (κ3) is 4.42. The number of carbonyl (C=O) groups is 2. The van der Waals surface area contributed by atoms with Gasteiger partial charge in [-0.25, -0.2) is 0 Å². The van der Waals surface area contributed by atoms with E-state index in [4.69, 9.17) is 21.1 Å². The van der Waals surface area contributed by atoms with Gasteiger partial charge in [0.05, 0.1) is 24.8 Å². The van der Waals surface area contributed by atoms with Gasteiger partial charge in [-0.1, -0.05) is 11.6 Å². The summed E-state index contributed by atoms with van der Waals surface area (Å²) in [4.78, 5) is 25.9. The fraction of sp³-hybridized carbons (Fsp3) is 0.222. The molecule has 0 heterocycles. The van der Waals surface area contributed by atoms with E-state index in [1.807, 2.05) is 0 Å². The smallest absolute Gasteiger partial charge is 0.255 e. The van der Waals surface area contributed by atoms with Crippen molar-refractivity contribution in [3.05, 3.63) is 52.5 Å². The molecular weight excluding hydrogens is 344 g/mol. The summed E-state index contributed by atoms with van der Waals surface area (Å²) in [6.45, 7) is 0. The van der Waals surface area contributed by atoms with Crippen LogP contribution in [0, 0.1) is 0 Å². The lowest BCUT2D eigenvalue weighted by atomic mass is 10.1. The van der Waals surface area contributed by atoms with Crippen LogP contribution in [0.3, 0.4) is 0 Å². The van der Waals surface area contributed by atoms with Crippen molar-refractivity contribution in [3.63, 3.8) is 0 Å². The molecule has 132 valence electrons. The molecule has 0 bridgehead atoms. The molecule has 0 radical (unpaired) electrons. The van der Waals surface area contributed by atoms with E-state index in [0.717, 1.165) is 0 Å². The van der Waals surface area contributed by atoms with Crippen LogP contribution in [0.2, 0.25) is 5.02 Å². The number of methoxy groups -OCH3 is 2. The number of amides is 2. The van der Waals surface area contributed by atoms with Gasteiger partial charge in [0.15, 0.2) is 0 Å². The maximum atomic E-state index is 12.4. The largest absolute Gasteiger partial charge is 0.497 e. The van der Waals surface area contributed by atoms with Crippen LogP contribution < -0.4 is 14.8 Å². The fourth-order valence-corrected chi connectivity index (χ4v) is 2.41. The van der Waals surface area contributed by atoms with Gasteiger partial charge in [0.1, 0.15) is 11.5 Å². The highest BCUT2D eigenvalue weighted by Crippen LogP contribution is 2.25. The van der Waals surface area contributed by atoms with E-state index in [1.165, 1.54) is 25.2 Å². The Morgan fingerprint density at radius 3 is 2.08 bits per heavy atom. The quantitative estimate of drug-likeness (QED) is 0.886. The van der Waals surface area contributed by atoms with Gasteiger partial charge >= 0.3 is 0 Å². The summed E-state index contributed by atoms with van der Waals surface area (Å²) in [6.07, 6.45) is 0. The van der Waals surface area contributed by atoms with Crippen LogP contribution in [0.4, 0.5) is 5.69 Å². The lowest BCUT2D eigenvalue weighted by Crippen LogP contribution is -2.22. The number of halogens is 1. The molecule has 0 unspecified atom stereocenters. The second-order valence-electron chi connectivity index (χ2n) is 5.45. The van der Waals surface area contributed by atoms with E-state index in [9.17, 15) is 9.59 Å². The Kier molecular flexibility index (Phi) is 5.88. The van der Waals surface area contributed by atoms with Crippen LogP contribution in [0.25, 0.3) is 0 Å². The predicted octanol–water partition coefficient (Wildman–Crippen LogP) is 3.31. The molecule has 25 heavy (non-hydrogen) atoms. The van der Waals surface area contributed by atoms with Crippen LogP contribution in [0.15, 0.2) is 36.4 Å². The minimum Gasteiger partial charge on any atom is -0.497 e. The normalized spacial score (nSPS) is 10.1. The van der Waals surface area contributed by atoms with E-state index in [0.29, 0.717) is 28.3 Å². The second kappa shape index (κ2) is 7.90. The Morgan fingerprint density at radius 1 is 1.00 bits per heavy atom. The zero-order valence-electron chi connectivity index (χ0n) is 14.4. The molecule has 0 aromatic heterocycles. The minimum atomic E-state index is -0.347. The maximum Gasteiger partial charge on any atom is 0.255 e. The summed E-state index contributed by atoms with van der Waals surface area (Å²) >= 11 is 6.15. The predicted molar refractivity (Wildman–Crippen MR) is 97.0 cm³/mol. The summed E-state index contributed by atoms with van der Waals surface area (Å²) < 4.78 is 10.3. The highest BCUT2D eigenvalue weighted by molar-refractivity contribution is 6.34. The molecule has 0 atom stereocenters. The first-order valence-corrected chi connectivity index (χ1v) is 7.79. The Bertz CT molecular complexity index is 783. The first-order valence-electron chi connectivity index (χ1n) is 7.41. The van der Waals surface area contributed by atoms with Gasteiger partial charge in [-0.15, -0.1) is 0 Å². The Labute approximate surface area is 151 Å². The molecule has 0 aliphatic heterocycles. The van der Waals surface area contributed by atoms with Gasteiger partial charge in [0, 0.05) is 31.4 Å². The van der Waals surface area contributed by atoms with Crippen molar-refractivity contribution in [3.8, 4) is 11.5 Å². The molecule has 2 amide bonds. The van der Waals surface area contributed by atoms with Crippen molar-refractivity contribution in [1.82, 2.24) is 4.90 Å². The number of hydrogen-bond donors (Lipinski definition) is 1. The summed E-state index contributed by atoms with van der Waals surface area (Å²) in [6, 6.07) is 9.61. The minimum absolute atomic E-state index is 0.208. The SMILES string of the molecule is COc1cc(OC)cc(C(=O)Nc2ccc(C(=O)N(C)C)c(Cl)c2)c1. The standard InChI is InChI=1S/C18H19ClN2O4/c1-21(2)18(23)15-6-5-12(9-16(15)19)20-17(22)11-7-13(24-3)10-14(8-11)25-4/h5-10H,1-4H3,(H,20,22). The second-order valence-corrected chi connectivity index (χ2v) is 5.86. The average molecular weight is 363 g/mol. The number of nitrogens with one attached hydrogen (secondary N) is 1. The van der Waals surface area contributed by atoms with Crippen molar-refractivity contribution in [2.45, 2.75) is 0 Å². The molecule has 2 aromatic carbocycles. The van der Waals surface area contributed by atoms with Gasteiger partial charge in [0.25, 0.3) is 11.8 Å². The Morgan fingerprint density at radius 2 is 1.60 bits per heavy atom. The van der Waals surface area contributed by atoms with Crippen molar-refractivity contribution in [1.29, 1.82) is 0 Å². The maximum absolute atomic E-state index is 12.4. The molecule has 6 nitrogen and oxygen atoms in total. The first kappa shape index (κ1) is 18.6. The summed E-state index contributed by atoms with van der Waals surface area (Å²) in [5, 5.41) is 3.00. The molecule has 0 saturated carbocycles. The number of nitrogens with zero attached hydrogens (tertiary/aromatic N) is 1. The lowest BCUT2D eigenvalue weighted by Gasteiger charge is -2.13. The number of carbonyl (C=O) groups excluding carboxylic acids is 2. The van der Waals surface area contributed by atoms with Crippen LogP contribution >= 0.6 is 11.6 Å². The summed E-state index contributed by atoms with van der Waals surface area (Å²) in [5.74, 6) is 0.462. The third-order valence-electron chi connectivity index (χ3n) is 3.48. The first-order chi connectivity index (χ1) is 11.8. The summed E-state index contributed by atoms with van der Waals surface area (Å²) in [7, 11) is 6.31. The lowest BCUT2D eigenvalue weighted by molar-refractivity contribution is 0.0827. The van der Waals surface area contributed by atoms with E-state index < -0.39 is 0 Å². The van der Waals surface area contributed by atoms with Crippen LogP contribution in [-0.2, 0) is 0 Å². The van der Waals surface area contributed by atoms with E-state index in [2.05, 4.69) is 5.32 Å². The molecule has 7 heteroatoms. The van der Waals surface area contributed by atoms with Gasteiger partial charge in [-0.05, 0) is 30.3 Å². The molecular formula is C18H19ClN2O4. The van der Waals surface area contributed by atoms with E-state index in [1.54, 1.807) is 44.4 Å². The van der Waals surface area contributed by atoms with Gasteiger partial charge in [0.2, 0.25) is 0 Å². The molecule has 0 fully saturated rings. The summed E-state index contributed by atoms with van der Waals surface area (Å²) in [5.41, 5.74) is 1.22. The highest BCUT2D eigenvalue weighted by Gasteiger charge is 2.15. The molecule has 0 aliphatic carbocycles. The Balaban J connectivity index is 2.24. The van der Waals surface area contributed by atoms with Crippen LogP contribution in [0.5, 0.6) is 11.5 Å². The average Bonchev–Trinajstić information content (AvgIpc) is 2.60. The van der Waals surface area contributed by atoms with Gasteiger partial charge in [-0.3, -0.25) is 9.59 Å². The number of anilines is 1. The molecule has 2 aromatic rings. The number of ether oxygens (including phenoxy) is 2. The zero-order valence-corrected chi connectivity index (χ0v) is 15.2. The molecule has 0 saturated heterocycles. The molecule has 0 spiro atoms. The third-order valence-corrected chi connectivity index (χ3v) is 3.79. The number of rotatable bonds is 5.